The highest BCUT2D eigenvalue weighted by Crippen LogP contribution is 2.44. The molecule has 0 spiro atoms. The first-order chi connectivity index (χ1) is 9.43. The molecule has 1 aliphatic carbocycles. The van der Waals surface area contributed by atoms with Gasteiger partial charge >= 0.3 is 0 Å². The van der Waals surface area contributed by atoms with E-state index in [1.807, 2.05) is 25.1 Å². The van der Waals surface area contributed by atoms with Crippen LogP contribution in [0.15, 0.2) is 22.7 Å². The monoisotopic (exact) mass is 337 g/mol. The Balaban J connectivity index is 2.18. The number of carbonyl (C=O) groups is 1. The molecule has 0 aromatic heterocycles. The standard InChI is InChI=1S/C17H24BrNO/c1-12(2)11-17(8-4-5-9-17)16(20)19-15-10-14(18)7-6-13(15)3/h6-7,10,12H,4-5,8-9,11H2,1-3H3,(H,19,20). The van der Waals surface area contributed by atoms with Gasteiger partial charge in [0.1, 0.15) is 0 Å². The molecular formula is C17H24BrNO. The minimum absolute atomic E-state index is 0.150. The summed E-state index contributed by atoms with van der Waals surface area (Å²) < 4.78 is 1.00. The van der Waals surface area contributed by atoms with Crippen LogP contribution in [0.3, 0.4) is 0 Å². The summed E-state index contributed by atoms with van der Waals surface area (Å²) in [5.74, 6) is 0.771. The van der Waals surface area contributed by atoms with E-state index in [1.54, 1.807) is 0 Å². The van der Waals surface area contributed by atoms with E-state index in [-0.39, 0.29) is 11.3 Å². The summed E-state index contributed by atoms with van der Waals surface area (Å²) in [5.41, 5.74) is 1.89. The molecule has 0 bridgehead atoms. The molecule has 110 valence electrons. The predicted octanol–water partition coefficient (Wildman–Crippen LogP) is 5.30. The quantitative estimate of drug-likeness (QED) is 0.793. The largest absolute Gasteiger partial charge is 0.325 e. The third kappa shape index (κ3) is 3.43. The lowest BCUT2D eigenvalue weighted by Gasteiger charge is -2.29. The average molecular weight is 338 g/mol. The Morgan fingerprint density at radius 3 is 2.60 bits per heavy atom. The van der Waals surface area contributed by atoms with E-state index in [2.05, 4.69) is 35.1 Å². The second kappa shape index (κ2) is 6.30. The van der Waals surface area contributed by atoms with Gasteiger partial charge in [0.2, 0.25) is 5.91 Å². The summed E-state index contributed by atoms with van der Waals surface area (Å²) in [4.78, 5) is 12.8. The van der Waals surface area contributed by atoms with Gasteiger partial charge in [0.25, 0.3) is 0 Å². The van der Waals surface area contributed by atoms with E-state index >= 15 is 0 Å². The summed E-state index contributed by atoms with van der Waals surface area (Å²) >= 11 is 3.47. The Bertz CT molecular complexity index is 490. The number of anilines is 1. The summed E-state index contributed by atoms with van der Waals surface area (Å²) in [6.45, 7) is 6.45. The molecule has 1 aromatic carbocycles. The van der Waals surface area contributed by atoms with Gasteiger partial charge < -0.3 is 5.32 Å². The Labute approximate surface area is 130 Å². The smallest absolute Gasteiger partial charge is 0.230 e. The molecule has 20 heavy (non-hydrogen) atoms. The Morgan fingerprint density at radius 1 is 1.35 bits per heavy atom. The van der Waals surface area contributed by atoms with Crippen molar-refractivity contribution >= 4 is 27.5 Å². The fourth-order valence-corrected chi connectivity index (χ4v) is 3.70. The number of hydrogen-bond acceptors (Lipinski definition) is 1. The maximum Gasteiger partial charge on any atom is 0.230 e. The molecule has 0 aliphatic heterocycles. The molecule has 0 unspecified atom stereocenters. The van der Waals surface area contributed by atoms with Crippen molar-refractivity contribution in [2.75, 3.05) is 5.32 Å². The van der Waals surface area contributed by atoms with Gasteiger partial charge in [-0.25, -0.2) is 0 Å². The van der Waals surface area contributed by atoms with Crippen LogP contribution in [0.1, 0.15) is 51.5 Å². The first-order valence-electron chi connectivity index (χ1n) is 7.50. The number of amides is 1. The molecule has 1 aliphatic rings. The third-order valence-electron chi connectivity index (χ3n) is 4.29. The molecule has 1 N–H and O–H groups in total. The van der Waals surface area contributed by atoms with Crippen LogP contribution >= 0.6 is 15.9 Å². The minimum Gasteiger partial charge on any atom is -0.325 e. The van der Waals surface area contributed by atoms with E-state index < -0.39 is 0 Å². The highest BCUT2D eigenvalue weighted by atomic mass is 79.9. The number of halogens is 1. The lowest BCUT2D eigenvalue weighted by molar-refractivity contribution is -0.126. The Morgan fingerprint density at radius 2 is 2.00 bits per heavy atom. The van der Waals surface area contributed by atoms with Crippen LogP contribution in [0.25, 0.3) is 0 Å². The van der Waals surface area contributed by atoms with Crippen molar-refractivity contribution in [2.24, 2.45) is 11.3 Å². The molecule has 0 atom stereocenters. The van der Waals surface area contributed by atoms with E-state index in [0.717, 1.165) is 35.0 Å². The van der Waals surface area contributed by atoms with Crippen LogP contribution in [0.2, 0.25) is 0 Å². The van der Waals surface area contributed by atoms with Gasteiger partial charge in [0, 0.05) is 15.6 Å². The highest BCUT2D eigenvalue weighted by molar-refractivity contribution is 9.10. The molecule has 3 heteroatoms. The molecule has 0 saturated heterocycles. The van der Waals surface area contributed by atoms with E-state index in [9.17, 15) is 4.79 Å². The zero-order valence-corrected chi connectivity index (χ0v) is 14.2. The third-order valence-corrected chi connectivity index (χ3v) is 4.78. The van der Waals surface area contributed by atoms with E-state index in [4.69, 9.17) is 0 Å². The normalized spacial score (nSPS) is 17.4. The number of benzene rings is 1. The molecule has 1 aromatic rings. The van der Waals surface area contributed by atoms with Crippen LogP contribution in [0.5, 0.6) is 0 Å². The van der Waals surface area contributed by atoms with Crippen molar-refractivity contribution in [3.05, 3.63) is 28.2 Å². The van der Waals surface area contributed by atoms with Crippen molar-refractivity contribution in [1.82, 2.24) is 0 Å². The number of carbonyl (C=O) groups excluding carboxylic acids is 1. The van der Waals surface area contributed by atoms with Crippen LogP contribution in [-0.2, 0) is 4.79 Å². The molecular weight excluding hydrogens is 314 g/mol. The summed E-state index contributed by atoms with van der Waals surface area (Å²) in [6.07, 6.45) is 5.41. The van der Waals surface area contributed by atoms with Gasteiger partial charge in [0.05, 0.1) is 0 Å². The molecule has 2 nitrogen and oxygen atoms in total. The minimum atomic E-state index is -0.150. The average Bonchev–Trinajstić information content (AvgIpc) is 2.82. The number of aryl methyl sites for hydroxylation is 1. The fraction of sp³-hybridized carbons (Fsp3) is 0.588. The van der Waals surface area contributed by atoms with E-state index in [1.165, 1.54) is 12.8 Å². The van der Waals surface area contributed by atoms with Gasteiger partial charge in [-0.05, 0) is 49.8 Å². The van der Waals surface area contributed by atoms with Crippen LogP contribution in [0.4, 0.5) is 5.69 Å². The first kappa shape index (κ1) is 15.6. The molecule has 0 radical (unpaired) electrons. The van der Waals surface area contributed by atoms with Crippen molar-refractivity contribution in [3.63, 3.8) is 0 Å². The van der Waals surface area contributed by atoms with Crippen molar-refractivity contribution < 1.29 is 4.79 Å². The summed E-state index contributed by atoms with van der Waals surface area (Å²) in [5, 5.41) is 3.17. The molecule has 0 heterocycles. The summed E-state index contributed by atoms with van der Waals surface area (Å²) in [7, 11) is 0. The van der Waals surface area contributed by atoms with Crippen LogP contribution in [-0.4, -0.2) is 5.91 Å². The SMILES string of the molecule is Cc1ccc(Br)cc1NC(=O)C1(CC(C)C)CCCC1. The number of hydrogen-bond donors (Lipinski definition) is 1. The second-order valence-electron chi connectivity index (χ2n) is 6.50. The van der Waals surface area contributed by atoms with E-state index in [0.29, 0.717) is 5.92 Å². The fourth-order valence-electron chi connectivity index (χ4n) is 3.34. The second-order valence-corrected chi connectivity index (χ2v) is 7.41. The van der Waals surface area contributed by atoms with Gasteiger partial charge in [0.15, 0.2) is 0 Å². The topological polar surface area (TPSA) is 29.1 Å². The van der Waals surface area contributed by atoms with Crippen LogP contribution < -0.4 is 5.32 Å². The van der Waals surface area contributed by atoms with Crippen molar-refractivity contribution in [1.29, 1.82) is 0 Å². The predicted molar refractivity (Wildman–Crippen MR) is 87.9 cm³/mol. The number of rotatable bonds is 4. The maximum atomic E-state index is 12.8. The molecule has 1 fully saturated rings. The van der Waals surface area contributed by atoms with Gasteiger partial charge in [-0.2, -0.15) is 0 Å². The van der Waals surface area contributed by atoms with Gasteiger partial charge in [-0.15, -0.1) is 0 Å². The lowest BCUT2D eigenvalue weighted by Crippen LogP contribution is -2.35. The maximum absolute atomic E-state index is 12.8. The summed E-state index contributed by atoms with van der Waals surface area (Å²) in [6, 6.07) is 6.03. The number of nitrogens with one attached hydrogen (secondary N) is 1. The highest BCUT2D eigenvalue weighted by Gasteiger charge is 2.41. The zero-order chi connectivity index (χ0) is 14.8. The molecule has 2 rings (SSSR count). The van der Waals surface area contributed by atoms with Crippen LogP contribution in [0, 0.1) is 18.3 Å². The van der Waals surface area contributed by atoms with Gasteiger partial charge in [-0.1, -0.05) is 48.7 Å². The molecule has 1 saturated carbocycles. The van der Waals surface area contributed by atoms with Crippen molar-refractivity contribution in [2.45, 2.75) is 52.9 Å². The zero-order valence-electron chi connectivity index (χ0n) is 12.6. The van der Waals surface area contributed by atoms with Crippen molar-refractivity contribution in [3.8, 4) is 0 Å². The first-order valence-corrected chi connectivity index (χ1v) is 8.30. The Kier molecular flexibility index (Phi) is 4.90. The molecule has 1 amide bonds. The van der Waals surface area contributed by atoms with Gasteiger partial charge in [-0.3, -0.25) is 4.79 Å². The Hall–Kier alpha value is -0.830. The lowest BCUT2D eigenvalue weighted by atomic mass is 9.77.